The zero-order chi connectivity index (χ0) is 19.4. The summed E-state index contributed by atoms with van der Waals surface area (Å²) in [6.45, 7) is -0.0209. The van der Waals surface area contributed by atoms with E-state index in [1.165, 1.54) is 18.2 Å². The van der Waals surface area contributed by atoms with Crippen LogP contribution in [0.5, 0.6) is 0 Å². The molecule has 0 saturated heterocycles. The number of nitrogens with one attached hydrogen (secondary N) is 2. The molecule has 3 rings (SSSR count). The summed E-state index contributed by atoms with van der Waals surface area (Å²) in [7, 11) is -3.70. The smallest absolute Gasteiger partial charge is 0.241 e. The van der Waals surface area contributed by atoms with Gasteiger partial charge in [0.05, 0.1) is 10.9 Å². The highest BCUT2D eigenvalue weighted by Gasteiger charge is 2.23. The van der Waals surface area contributed by atoms with Crippen molar-refractivity contribution in [1.82, 2.24) is 10.0 Å². The van der Waals surface area contributed by atoms with E-state index in [0.717, 1.165) is 16.2 Å². The third-order valence-corrected chi connectivity index (χ3v) is 7.71. The number of amides is 1. The Kier molecular flexibility index (Phi) is 6.56. The molecule has 0 aliphatic carbocycles. The molecule has 144 valence electrons. The molecule has 1 heterocycles. The van der Waals surface area contributed by atoms with Crippen molar-refractivity contribution in [3.8, 4) is 0 Å². The molecule has 1 amide bonds. The van der Waals surface area contributed by atoms with Crippen molar-refractivity contribution in [2.45, 2.75) is 28.7 Å². The first kappa shape index (κ1) is 20.3. The molecule has 0 bridgehead atoms. The predicted octanol–water partition coefficient (Wildman–Crippen LogP) is 3.61. The van der Waals surface area contributed by atoms with Gasteiger partial charge in [0.1, 0.15) is 5.82 Å². The van der Waals surface area contributed by atoms with Crippen molar-refractivity contribution in [1.29, 1.82) is 0 Å². The summed E-state index contributed by atoms with van der Waals surface area (Å²) in [5, 5.41) is 2.88. The number of fused-ring (bicyclic) bond motifs is 1. The first-order chi connectivity index (χ1) is 12.9. The van der Waals surface area contributed by atoms with Gasteiger partial charge in [0.2, 0.25) is 15.9 Å². The average Bonchev–Trinajstić information content (AvgIpc) is 2.62. The molecule has 0 spiro atoms. The van der Waals surface area contributed by atoms with Gasteiger partial charge in [0.25, 0.3) is 0 Å². The minimum atomic E-state index is -3.70. The largest absolute Gasteiger partial charge is 0.349 e. The van der Waals surface area contributed by atoms with Gasteiger partial charge in [0, 0.05) is 28.1 Å². The number of carbonyl (C=O) groups excluding carboxylic acids is 1. The molecule has 27 heavy (non-hydrogen) atoms. The lowest BCUT2D eigenvalue weighted by Crippen LogP contribution is -2.34. The van der Waals surface area contributed by atoms with Crippen molar-refractivity contribution in [2.24, 2.45) is 0 Å². The lowest BCUT2D eigenvalue weighted by molar-refractivity contribution is -0.121. The van der Waals surface area contributed by atoms with Crippen LogP contribution < -0.4 is 10.0 Å². The van der Waals surface area contributed by atoms with Crippen LogP contribution in [0.15, 0.2) is 56.7 Å². The van der Waals surface area contributed by atoms with Crippen LogP contribution in [0.1, 0.15) is 24.4 Å². The number of thioether (sulfide) groups is 1. The summed E-state index contributed by atoms with van der Waals surface area (Å²) < 4.78 is 41.0. The Morgan fingerprint density at radius 3 is 2.81 bits per heavy atom. The zero-order valence-electron chi connectivity index (χ0n) is 14.2. The minimum absolute atomic E-state index is 0.00201. The molecule has 0 aromatic heterocycles. The maximum atomic E-state index is 13.5. The highest BCUT2D eigenvalue weighted by atomic mass is 79.9. The van der Waals surface area contributed by atoms with Gasteiger partial charge in [-0.15, -0.1) is 11.8 Å². The third-order valence-electron chi connectivity index (χ3n) is 4.12. The van der Waals surface area contributed by atoms with E-state index in [0.29, 0.717) is 10.9 Å². The Hall–Kier alpha value is -1.42. The monoisotopic (exact) mass is 472 g/mol. The summed E-state index contributed by atoms with van der Waals surface area (Å²) in [5.74, 6) is 0.215. The Morgan fingerprint density at radius 2 is 2.04 bits per heavy atom. The van der Waals surface area contributed by atoms with Crippen LogP contribution in [-0.2, 0) is 14.8 Å². The molecule has 5 nitrogen and oxygen atoms in total. The fourth-order valence-corrected chi connectivity index (χ4v) is 5.96. The van der Waals surface area contributed by atoms with Gasteiger partial charge >= 0.3 is 0 Å². The molecule has 2 aromatic carbocycles. The van der Waals surface area contributed by atoms with E-state index in [1.54, 1.807) is 36.0 Å². The number of carbonyl (C=O) groups is 1. The van der Waals surface area contributed by atoms with Gasteiger partial charge in [-0.05, 0) is 58.2 Å². The van der Waals surface area contributed by atoms with Gasteiger partial charge in [-0.3, -0.25) is 4.79 Å². The minimum Gasteiger partial charge on any atom is -0.349 e. The van der Waals surface area contributed by atoms with Crippen molar-refractivity contribution in [3.63, 3.8) is 0 Å². The molecule has 0 fully saturated rings. The molecule has 2 aromatic rings. The van der Waals surface area contributed by atoms with Gasteiger partial charge in [-0.25, -0.2) is 17.5 Å². The Balaban J connectivity index is 1.57. The Bertz CT molecular complexity index is 953. The molecular formula is C18H18BrFN2O3S2. The van der Waals surface area contributed by atoms with Crippen LogP contribution in [0.3, 0.4) is 0 Å². The van der Waals surface area contributed by atoms with Crippen molar-refractivity contribution >= 4 is 43.6 Å². The van der Waals surface area contributed by atoms with Gasteiger partial charge in [0.15, 0.2) is 0 Å². The van der Waals surface area contributed by atoms with Crippen molar-refractivity contribution in [3.05, 3.63) is 58.3 Å². The third kappa shape index (κ3) is 5.10. The normalized spacial score (nSPS) is 16.6. The highest BCUT2D eigenvalue weighted by Crippen LogP contribution is 2.36. The second-order valence-electron chi connectivity index (χ2n) is 6.02. The van der Waals surface area contributed by atoms with Gasteiger partial charge in [-0.2, -0.15) is 0 Å². The van der Waals surface area contributed by atoms with Crippen molar-refractivity contribution in [2.75, 3.05) is 12.3 Å². The molecular weight excluding hydrogens is 455 g/mol. The molecule has 2 N–H and O–H groups in total. The van der Waals surface area contributed by atoms with E-state index in [9.17, 15) is 17.6 Å². The average molecular weight is 473 g/mol. The van der Waals surface area contributed by atoms with Crippen LogP contribution in [0.2, 0.25) is 0 Å². The predicted molar refractivity (Wildman–Crippen MR) is 107 cm³/mol. The van der Waals surface area contributed by atoms with E-state index >= 15 is 0 Å². The van der Waals surface area contributed by atoms with Crippen LogP contribution in [0, 0.1) is 5.82 Å². The zero-order valence-corrected chi connectivity index (χ0v) is 17.5. The molecule has 1 unspecified atom stereocenters. The van der Waals surface area contributed by atoms with Gasteiger partial charge < -0.3 is 5.32 Å². The van der Waals surface area contributed by atoms with E-state index in [2.05, 4.69) is 26.0 Å². The summed E-state index contributed by atoms with van der Waals surface area (Å²) in [5.41, 5.74) is 0.772. The number of rotatable bonds is 6. The standard InChI is InChI=1S/C18H18BrFN2O3S2/c19-14-3-1-2-4-17(14)27(24,25)21-9-7-18(23)22-15-8-10-26-16-6-5-12(20)11-13(15)16/h1-6,11,15,21H,7-10H2,(H,22,23). The first-order valence-corrected chi connectivity index (χ1v) is 11.6. The molecule has 1 atom stereocenters. The second kappa shape index (κ2) is 8.72. The highest BCUT2D eigenvalue weighted by molar-refractivity contribution is 9.10. The molecule has 0 saturated carbocycles. The van der Waals surface area contributed by atoms with E-state index in [-0.39, 0.29) is 35.6 Å². The van der Waals surface area contributed by atoms with Crippen molar-refractivity contribution < 1.29 is 17.6 Å². The van der Waals surface area contributed by atoms with Crippen LogP contribution in [0.4, 0.5) is 4.39 Å². The number of hydrogen-bond donors (Lipinski definition) is 2. The Labute approximate surface area is 170 Å². The molecule has 1 aliphatic heterocycles. The number of sulfonamides is 1. The topological polar surface area (TPSA) is 75.3 Å². The lowest BCUT2D eigenvalue weighted by atomic mass is 10.0. The quantitative estimate of drug-likeness (QED) is 0.673. The lowest BCUT2D eigenvalue weighted by Gasteiger charge is -2.26. The van der Waals surface area contributed by atoms with E-state index in [4.69, 9.17) is 0 Å². The van der Waals surface area contributed by atoms with E-state index < -0.39 is 10.0 Å². The number of halogens is 2. The summed E-state index contributed by atoms with van der Waals surface area (Å²) in [4.78, 5) is 13.3. The van der Waals surface area contributed by atoms with Crippen LogP contribution in [0.25, 0.3) is 0 Å². The maximum absolute atomic E-state index is 13.5. The summed E-state index contributed by atoms with van der Waals surface area (Å²) in [6, 6.07) is 10.8. The second-order valence-corrected chi connectivity index (χ2v) is 9.74. The fraction of sp³-hybridized carbons (Fsp3) is 0.278. The summed E-state index contributed by atoms with van der Waals surface area (Å²) in [6.07, 6.45) is 0.702. The summed E-state index contributed by atoms with van der Waals surface area (Å²) >= 11 is 4.84. The first-order valence-electron chi connectivity index (χ1n) is 8.32. The van der Waals surface area contributed by atoms with Gasteiger partial charge in [-0.1, -0.05) is 12.1 Å². The SMILES string of the molecule is O=C(CCNS(=O)(=O)c1ccccc1Br)NC1CCSc2ccc(F)cc21. The molecule has 9 heteroatoms. The maximum Gasteiger partial charge on any atom is 0.241 e. The van der Waals surface area contributed by atoms with Crippen LogP contribution in [-0.4, -0.2) is 26.6 Å². The number of hydrogen-bond acceptors (Lipinski definition) is 4. The number of benzene rings is 2. The van der Waals surface area contributed by atoms with Crippen LogP contribution >= 0.6 is 27.7 Å². The molecule has 1 aliphatic rings. The van der Waals surface area contributed by atoms with E-state index in [1.807, 2.05) is 0 Å². The molecule has 0 radical (unpaired) electrons. The fourth-order valence-electron chi connectivity index (χ4n) is 2.82. The Morgan fingerprint density at radius 1 is 1.26 bits per heavy atom.